The van der Waals surface area contributed by atoms with E-state index in [1.165, 1.54) is 0 Å². The molecule has 120 valence electrons. The first kappa shape index (κ1) is 17.7. The average molecular weight is 307 g/mol. The fourth-order valence-electron chi connectivity index (χ4n) is 2.27. The Balaban J connectivity index is 3.14. The highest BCUT2D eigenvalue weighted by molar-refractivity contribution is 6.06. The maximum Gasteiger partial charge on any atom is 0.341 e. The molecule has 0 aliphatic rings. The zero-order valence-corrected chi connectivity index (χ0v) is 12.7. The first-order valence-electron chi connectivity index (χ1n) is 7.20. The monoisotopic (exact) mass is 307 g/mol. The van der Waals surface area contributed by atoms with Gasteiger partial charge >= 0.3 is 11.9 Å². The van der Waals surface area contributed by atoms with Gasteiger partial charge in [0, 0.05) is 12.3 Å². The molecule has 1 aromatic carbocycles. The van der Waals surface area contributed by atoms with Crippen LogP contribution in [0.4, 0.5) is 0 Å². The Morgan fingerprint density at radius 1 is 1.05 bits per heavy atom. The second-order valence-corrected chi connectivity index (χ2v) is 5.18. The van der Waals surface area contributed by atoms with Crippen molar-refractivity contribution in [2.75, 3.05) is 0 Å². The molecule has 0 aromatic heterocycles. The standard InChI is InChI=1S/C16H21NO5/c1-3-12(4-2)13(18)17-16(14(19)20,15(21)22)10-11-8-6-5-7-9-11/h5-9,12H,3-4,10H2,1-2H3,(H,17,18)(H,19,20)(H,21,22). The van der Waals surface area contributed by atoms with Crippen LogP contribution in [0.2, 0.25) is 0 Å². The van der Waals surface area contributed by atoms with E-state index < -0.39 is 29.3 Å². The minimum atomic E-state index is -2.36. The minimum Gasteiger partial charge on any atom is -0.479 e. The van der Waals surface area contributed by atoms with Crippen LogP contribution < -0.4 is 5.32 Å². The summed E-state index contributed by atoms with van der Waals surface area (Å²) in [7, 11) is 0. The van der Waals surface area contributed by atoms with Gasteiger partial charge in [0.25, 0.3) is 0 Å². The Kier molecular flexibility index (Phi) is 6.10. The van der Waals surface area contributed by atoms with Crippen molar-refractivity contribution in [1.82, 2.24) is 5.32 Å². The number of carboxylic acids is 2. The van der Waals surface area contributed by atoms with Crippen LogP contribution in [0.25, 0.3) is 0 Å². The summed E-state index contributed by atoms with van der Waals surface area (Å²) in [5, 5.41) is 21.1. The van der Waals surface area contributed by atoms with E-state index in [4.69, 9.17) is 0 Å². The predicted octanol–water partition coefficient (Wildman–Crippen LogP) is 1.69. The van der Waals surface area contributed by atoms with Gasteiger partial charge < -0.3 is 15.5 Å². The molecule has 22 heavy (non-hydrogen) atoms. The Hall–Kier alpha value is -2.37. The van der Waals surface area contributed by atoms with Crippen molar-refractivity contribution in [3.8, 4) is 0 Å². The third-order valence-corrected chi connectivity index (χ3v) is 3.74. The number of carbonyl (C=O) groups excluding carboxylic acids is 1. The molecule has 6 heteroatoms. The second-order valence-electron chi connectivity index (χ2n) is 5.18. The zero-order valence-electron chi connectivity index (χ0n) is 12.7. The Labute approximate surface area is 129 Å². The van der Waals surface area contributed by atoms with Crippen molar-refractivity contribution in [2.45, 2.75) is 38.6 Å². The molecule has 0 aliphatic carbocycles. The van der Waals surface area contributed by atoms with E-state index in [-0.39, 0.29) is 6.42 Å². The van der Waals surface area contributed by atoms with Crippen molar-refractivity contribution in [3.63, 3.8) is 0 Å². The summed E-state index contributed by atoms with van der Waals surface area (Å²) in [5.74, 6) is -4.12. The van der Waals surface area contributed by atoms with Gasteiger partial charge in [-0.3, -0.25) is 4.79 Å². The molecule has 0 spiro atoms. The van der Waals surface area contributed by atoms with Crippen LogP contribution in [0.15, 0.2) is 30.3 Å². The number of hydrogen-bond donors (Lipinski definition) is 3. The van der Waals surface area contributed by atoms with Gasteiger partial charge in [-0.05, 0) is 18.4 Å². The molecule has 0 radical (unpaired) electrons. The van der Waals surface area contributed by atoms with Crippen molar-refractivity contribution in [2.24, 2.45) is 5.92 Å². The molecule has 0 heterocycles. The van der Waals surface area contributed by atoms with Crippen LogP contribution in [0.3, 0.4) is 0 Å². The molecule has 3 N–H and O–H groups in total. The summed E-state index contributed by atoms with van der Waals surface area (Å²) in [4.78, 5) is 35.4. The molecule has 0 fully saturated rings. The van der Waals surface area contributed by atoms with Crippen LogP contribution in [-0.4, -0.2) is 33.6 Å². The summed E-state index contributed by atoms with van der Waals surface area (Å²) >= 11 is 0. The topological polar surface area (TPSA) is 104 Å². The molecule has 0 bridgehead atoms. The van der Waals surface area contributed by atoms with E-state index in [2.05, 4.69) is 5.32 Å². The number of amides is 1. The highest BCUT2D eigenvalue weighted by atomic mass is 16.4. The maximum absolute atomic E-state index is 12.2. The van der Waals surface area contributed by atoms with Crippen molar-refractivity contribution in [1.29, 1.82) is 0 Å². The fourth-order valence-corrected chi connectivity index (χ4v) is 2.27. The Morgan fingerprint density at radius 3 is 1.95 bits per heavy atom. The zero-order chi connectivity index (χ0) is 16.8. The van der Waals surface area contributed by atoms with E-state index >= 15 is 0 Å². The lowest BCUT2D eigenvalue weighted by molar-refractivity contribution is -0.161. The number of benzene rings is 1. The molecule has 1 amide bonds. The predicted molar refractivity (Wildman–Crippen MR) is 80.4 cm³/mol. The first-order valence-corrected chi connectivity index (χ1v) is 7.20. The number of aliphatic carboxylic acids is 2. The Bertz CT molecular complexity index is 523. The first-order chi connectivity index (χ1) is 10.4. The van der Waals surface area contributed by atoms with Gasteiger partial charge in [0.05, 0.1) is 0 Å². The number of nitrogens with one attached hydrogen (secondary N) is 1. The summed E-state index contributed by atoms with van der Waals surface area (Å²) in [6, 6.07) is 8.38. The Morgan fingerprint density at radius 2 is 1.55 bits per heavy atom. The van der Waals surface area contributed by atoms with E-state index in [0.717, 1.165) is 0 Å². The largest absolute Gasteiger partial charge is 0.479 e. The van der Waals surface area contributed by atoms with Crippen molar-refractivity contribution < 1.29 is 24.6 Å². The maximum atomic E-state index is 12.2. The third-order valence-electron chi connectivity index (χ3n) is 3.74. The minimum absolute atomic E-state index is 0.315. The summed E-state index contributed by atoms with van der Waals surface area (Å²) in [5.41, 5.74) is -1.83. The van der Waals surface area contributed by atoms with Gasteiger partial charge in [-0.25, -0.2) is 9.59 Å². The molecule has 0 aliphatic heterocycles. The lowest BCUT2D eigenvalue weighted by Gasteiger charge is -2.28. The van der Waals surface area contributed by atoms with Gasteiger partial charge in [0.2, 0.25) is 11.4 Å². The lowest BCUT2D eigenvalue weighted by atomic mass is 9.89. The van der Waals surface area contributed by atoms with Crippen LogP contribution in [-0.2, 0) is 20.8 Å². The van der Waals surface area contributed by atoms with Crippen molar-refractivity contribution >= 4 is 17.8 Å². The molecule has 1 rings (SSSR count). The van der Waals surface area contributed by atoms with Crippen LogP contribution in [0.1, 0.15) is 32.3 Å². The van der Waals surface area contributed by atoms with Gasteiger partial charge in [0.15, 0.2) is 0 Å². The number of hydrogen-bond acceptors (Lipinski definition) is 3. The quantitative estimate of drug-likeness (QED) is 0.634. The summed E-state index contributed by atoms with van der Waals surface area (Å²) in [6.45, 7) is 3.60. The number of carbonyl (C=O) groups is 3. The van der Waals surface area contributed by atoms with Gasteiger partial charge in [-0.2, -0.15) is 0 Å². The molecule has 1 aromatic rings. The molecular weight excluding hydrogens is 286 g/mol. The summed E-state index contributed by atoms with van der Waals surface area (Å²) in [6.07, 6.45) is 0.719. The molecule has 0 saturated carbocycles. The molecule has 0 saturated heterocycles. The fraction of sp³-hybridized carbons (Fsp3) is 0.438. The highest BCUT2D eigenvalue weighted by Crippen LogP contribution is 2.18. The van der Waals surface area contributed by atoms with Crippen LogP contribution in [0.5, 0.6) is 0 Å². The van der Waals surface area contributed by atoms with Crippen LogP contribution in [0, 0.1) is 5.92 Å². The van der Waals surface area contributed by atoms with E-state index in [1.807, 2.05) is 0 Å². The van der Waals surface area contributed by atoms with E-state index in [1.54, 1.807) is 44.2 Å². The highest BCUT2D eigenvalue weighted by Gasteiger charge is 2.48. The molecule has 0 atom stereocenters. The van der Waals surface area contributed by atoms with Gasteiger partial charge in [-0.1, -0.05) is 44.2 Å². The number of carboxylic acid groups (broad SMARTS) is 2. The average Bonchev–Trinajstić information content (AvgIpc) is 2.48. The van der Waals surface area contributed by atoms with E-state index in [0.29, 0.717) is 18.4 Å². The van der Waals surface area contributed by atoms with E-state index in [9.17, 15) is 24.6 Å². The smallest absolute Gasteiger partial charge is 0.341 e. The van der Waals surface area contributed by atoms with Crippen molar-refractivity contribution in [3.05, 3.63) is 35.9 Å². The SMILES string of the molecule is CCC(CC)C(=O)NC(Cc1ccccc1)(C(=O)O)C(=O)O. The third kappa shape index (κ3) is 3.84. The van der Waals surface area contributed by atoms with Gasteiger partial charge in [-0.15, -0.1) is 0 Å². The molecular formula is C16H21NO5. The second kappa shape index (κ2) is 7.59. The normalized spacial score (nSPS) is 11.2. The molecule has 0 unspecified atom stereocenters. The summed E-state index contributed by atoms with van der Waals surface area (Å²) < 4.78 is 0. The lowest BCUT2D eigenvalue weighted by Crippen LogP contribution is -2.62. The van der Waals surface area contributed by atoms with Gasteiger partial charge in [0.1, 0.15) is 0 Å². The van der Waals surface area contributed by atoms with Crippen LogP contribution >= 0.6 is 0 Å². The number of rotatable bonds is 8. The molecule has 6 nitrogen and oxygen atoms in total.